The van der Waals surface area contributed by atoms with Crippen molar-refractivity contribution in [3.8, 4) is 5.69 Å². The first-order chi connectivity index (χ1) is 11.3. The highest BCUT2D eigenvalue weighted by Gasteiger charge is 2.22. The Kier molecular flexibility index (Phi) is 5.45. The molecule has 128 valence electrons. The lowest BCUT2D eigenvalue weighted by molar-refractivity contribution is -0.384. The van der Waals surface area contributed by atoms with Crippen LogP contribution in [-0.2, 0) is 10.5 Å². The van der Waals surface area contributed by atoms with Gasteiger partial charge in [0.1, 0.15) is 5.76 Å². The van der Waals surface area contributed by atoms with Gasteiger partial charge in [-0.25, -0.2) is 0 Å². The maximum Gasteiger partial charge on any atom is 0.296 e. The van der Waals surface area contributed by atoms with Gasteiger partial charge in [-0.3, -0.25) is 19.7 Å². The molecule has 1 aromatic carbocycles. The van der Waals surface area contributed by atoms with Crippen molar-refractivity contribution in [1.29, 1.82) is 0 Å². The van der Waals surface area contributed by atoms with E-state index in [1.54, 1.807) is 19.9 Å². The number of nitro groups is 1. The molecule has 2 aromatic rings. The Morgan fingerprint density at radius 2 is 2.12 bits per heavy atom. The Balaban J connectivity index is 2.34. The van der Waals surface area contributed by atoms with Gasteiger partial charge in [0.05, 0.1) is 10.5 Å². The van der Waals surface area contributed by atoms with E-state index in [9.17, 15) is 19.7 Å². The molecule has 0 saturated carbocycles. The van der Waals surface area contributed by atoms with Gasteiger partial charge < -0.3 is 10.3 Å². The number of hydrogen-bond donors (Lipinski definition) is 1. The van der Waals surface area contributed by atoms with Gasteiger partial charge in [0.15, 0.2) is 5.69 Å². The topological polar surface area (TPSA) is 121 Å². The molecule has 0 saturated heterocycles. The number of benzene rings is 1. The van der Waals surface area contributed by atoms with Crippen molar-refractivity contribution in [1.82, 2.24) is 4.74 Å². The van der Waals surface area contributed by atoms with Crippen molar-refractivity contribution in [3.05, 3.63) is 55.6 Å². The van der Waals surface area contributed by atoms with Gasteiger partial charge >= 0.3 is 0 Å². The minimum absolute atomic E-state index is 0.0899. The fourth-order valence-corrected chi connectivity index (χ4v) is 3.15. The summed E-state index contributed by atoms with van der Waals surface area (Å²) in [6, 6.07) is 4.55. The monoisotopic (exact) mass is 351 g/mol. The molecule has 0 aliphatic heterocycles. The lowest BCUT2D eigenvalue weighted by Crippen LogP contribution is -2.17. The number of carbonyl (C=O) groups excluding carboxylic acids is 1. The molecular formula is C15H17N3O5S. The molecule has 1 amide bonds. The van der Waals surface area contributed by atoms with Crippen LogP contribution in [0.3, 0.4) is 0 Å². The van der Waals surface area contributed by atoms with Gasteiger partial charge in [-0.05, 0) is 25.5 Å². The number of rotatable bonds is 7. The van der Waals surface area contributed by atoms with Crippen molar-refractivity contribution in [2.45, 2.75) is 26.0 Å². The van der Waals surface area contributed by atoms with Crippen LogP contribution in [0.25, 0.3) is 5.69 Å². The quantitative estimate of drug-likeness (QED) is 0.463. The Labute approximate surface area is 141 Å². The van der Waals surface area contributed by atoms with Crippen LogP contribution in [0.4, 0.5) is 5.69 Å². The van der Waals surface area contributed by atoms with E-state index < -0.39 is 16.4 Å². The molecule has 0 spiro atoms. The number of amides is 1. The molecular weight excluding hydrogens is 334 g/mol. The van der Waals surface area contributed by atoms with E-state index in [0.717, 1.165) is 4.74 Å². The molecule has 0 aliphatic rings. The molecule has 9 heteroatoms. The summed E-state index contributed by atoms with van der Waals surface area (Å²) in [5, 5.41) is 11.2. The molecule has 0 radical (unpaired) electrons. The smallest absolute Gasteiger partial charge is 0.296 e. The highest BCUT2D eigenvalue weighted by Crippen LogP contribution is 2.25. The summed E-state index contributed by atoms with van der Waals surface area (Å²) in [5.41, 5.74) is 5.65. The van der Waals surface area contributed by atoms with E-state index >= 15 is 0 Å². The minimum Gasteiger partial charge on any atom is -0.376 e. The zero-order valence-corrected chi connectivity index (χ0v) is 14.1. The zero-order valence-electron chi connectivity index (χ0n) is 13.3. The fourth-order valence-electron chi connectivity index (χ4n) is 2.13. The van der Waals surface area contributed by atoms with Crippen molar-refractivity contribution in [2.75, 3.05) is 5.75 Å². The summed E-state index contributed by atoms with van der Waals surface area (Å²) < 4.78 is 6.38. The van der Waals surface area contributed by atoms with Crippen LogP contribution in [0.5, 0.6) is 0 Å². The van der Waals surface area contributed by atoms with Crippen LogP contribution < -0.4 is 11.3 Å². The number of aromatic nitrogens is 1. The van der Waals surface area contributed by atoms with E-state index in [0.29, 0.717) is 28.4 Å². The summed E-state index contributed by atoms with van der Waals surface area (Å²) in [4.78, 5) is 33.9. The predicted octanol–water partition coefficient (Wildman–Crippen LogP) is 2.06. The first kappa shape index (κ1) is 17.8. The average Bonchev–Trinajstić information content (AvgIpc) is 2.78. The second-order valence-electron chi connectivity index (χ2n) is 5.24. The Bertz CT molecular complexity index is 840. The van der Waals surface area contributed by atoms with E-state index in [1.165, 1.54) is 23.9 Å². The highest BCUT2D eigenvalue weighted by atomic mass is 32.2. The fraction of sp³-hybridized carbons (Fsp3) is 0.333. The summed E-state index contributed by atoms with van der Waals surface area (Å²) in [6.07, 6.45) is 0.221. The first-order valence-electron chi connectivity index (χ1n) is 7.14. The van der Waals surface area contributed by atoms with Crippen LogP contribution in [0.2, 0.25) is 0 Å². The second kappa shape index (κ2) is 7.35. The van der Waals surface area contributed by atoms with Gasteiger partial charge in [-0.1, -0.05) is 6.07 Å². The lowest BCUT2D eigenvalue weighted by Gasteiger charge is -2.02. The SMILES string of the molecule is Cc1ccc(-n2oc(C)c(CSCCC(N)=O)c2=O)c([N+](=O)[O-])c1. The Morgan fingerprint density at radius 1 is 1.42 bits per heavy atom. The largest absolute Gasteiger partial charge is 0.376 e. The molecule has 8 nitrogen and oxygen atoms in total. The summed E-state index contributed by atoms with van der Waals surface area (Å²) in [6.45, 7) is 3.36. The standard InChI is InChI=1S/C15H17N3O5S/c1-9-3-4-12(13(7-9)18(21)22)17-15(20)11(10(2)23-17)8-24-6-5-14(16)19/h3-4,7H,5-6,8H2,1-2H3,(H2,16,19). The van der Waals surface area contributed by atoms with Crippen LogP contribution >= 0.6 is 11.8 Å². The van der Waals surface area contributed by atoms with E-state index in [2.05, 4.69) is 0 Å². The van der Waals surface area contributed by atoms with Gasteiger partial charge in [-0.2, -0.15) is 11.8 Å². The highest BCUT2D eigenvalue weighted by molar-refractivity contribution is 7.98. The van der Waals surface area contributed by atoms with Crippen molar-refractivity contribution in [2.24, 2.45) is 5.73 Å². The van der Waals surface area contributed by atoms with E-state index in [1.807, 2.05) is 0 Å². The van der Waals surface area contributed by atoms with E-state index in [4.69, 9.17) is 10.3 Å². The van der Waals surface area contributed by atoms with Crippen LogP contribution in [-0.4, -0.2) is 21.3 Å². The molecule has 1 aromatic heterocycles. The molecule has 0 unspecified atom stereocenters. The average molecular weight is 351 g/mol. The number of carbonyl (C=O) groups is 1. The van der Waals surface area contributed by atoms with Gasteiger partial charge in [-0.15, -0.1) is 4.74 Å². The number of nitro benzene ring substituents is 1. The van der Waals surface area contributed by atoms with Crippen molar-refractivity contribution < 1.29 is 14.2 Å². The lowest BCUT2D eigenvalue weighted by atomic mass is 10.2. The Hall–Kier alpha value is -2.55. The molecule has 0 bridgehead atoms. The molecule has 2 rings (SSSR count). The number of aryl methyl sites for hydroxylation is 2. The maximum absolute atomic E-state index is 12.5. The molecule has 0 atom stereocenters. The Morgan fingerprint density at radius 3 is 2.75 bits per heavy atom. The first-order valence-corrected chi connectivity index (χ1v) is 8.30. The molecule has 0 fully saturated rings. The van der Waals surface area contributed by atoms with Gasteiger partial charge in [0.2, 0.25) is 5.91 Å². The maximum atomic E-state index is 12.5. The molecule has 2 N–H and O–H groups in total. The van der Waals surface area contributed by atoms with Crippen LogP contribution in [0.15, 0.2) is 27.5 Å². The number of nitrogens with zero attached hydrogens (tertiary/aromatic N) is 2. The second-order valence-corrected chi connectivity index (χ2v) is 6.35. The zero-order chi connectivity index (χ0) is 17.9. The summed E-state index contributed by atoms with van der Waals surface area (Å²) in [7, 11) is 0. The number of primary amides is 1. The van der Waals surface area contributed by atoms with Crippen LogP contribution in [0, 0.1) is 24.0 Å². The number of thioether (sulfide) groups is 1. The summed E-state index contributed by atoms with van der Waals surface area (Å²) in [5.74, 6) is 0.818. The molecule has 24 heavy (non-hydrogen) atoms. The predicted molar refractivity (Wildman–Crippen MR) is 90.4 cm³/mol. The third-order valence-corrected chi connectivity index (χ3v) is 4.37. The molecule has 0 aliphatic carbocycles. The third-order valence-electron chi connectivity index (χ3n) is 3.38. The minimum atomic E-state index is -0.548. The third kappa shape index (κ3) is 3.85. The van der Waals surface area contributed by atoms with Gasteiger partial charge in [0, 0.05) is 24.0 Å². The van der Waals surface area contributed by atoms with E-state index in [-0.39, 0.29) is 17.8 Å². The van der Waals surface area contributed by atoms with Crippen LogP contribution in [0.1, 0.15) is 23.3 Å². The molecule has 1 heterocycles. The number of hydrogen-bond acceptors (Lipinski definition) is 6. The van der Waals surface area contributed by atoms with Crippen molar-refractivity contribution >= 4 is 23.4 Å². The number of nitrogens with two attached hydrogens (primary N) is 1. The normalized spacial score (nSPS) is 10.8. The van der Waals surface area contributed by atoms with Gasteiger partial charge in [0.25, 0.3) is 11.2 Å². The summed E-state index contributed by atoms with van der Waals surface area (Å²) >= 11 is 1.38. The van der Waals surface area contributed by atoms with Crippen molar-refractivity contribution in [3.63, 3.8) is 0 Å².